The van der Waals surface area contributed by atoms with Gasteiger partial charge in [-0.25, -0.2) is 0 Å². The highest BCUT2D eigenvalue weighted by atomic mass is 32.2. The molecule has 0 aromatic rings. The lowest BCUT2D eigenvalue weighted by molar-refractivity contribution is 0.332. The van der Waals surface area contributed by atoms with Crippen LogP contribution in [0.25, 0.3) is 0 Å². The van der Waals surface area contributed by atoms with Crippen LogP contribution < -0.4 is 5.32 Å². The van der Waals surface area contributed by atoms with Crippen molar-refractivity contribution >= 4 is 11.8 Å². The van der Waals surface area contributed by atoms with Gasteiger partial charge in [0.25, 0.3) is 0 Å². The van der Waals surface area contributed by atoms with Crippen LogP contribution >= 0.6 is 11.8 Å². The largest absolute Gasteiger partial charge is 0.342 e. The number of thioether (sulfide) groups is 1. The normalized spacial score (nSPS) is 19.8. The summed E-state index contributed by atoms with van der Waals surface area (Å²) in [6.45, 7) is 24.5. The van der Waals surface area contributed by atoms with Gasteiger partial charge >= 0.3 is 0 Å². The Morgan fingerprint density at radius 3 is 2.64 bits per heavy atom. The maximum absolute atomic E-state index is 4.38. The molecule has 0 amide bonds. The molecule has 1 unspecified atom stereocenters. The first kappa shape index (κ1) is 21.3. The van der Waals surface area contributed by atoms with Crippen molar-refractivity contribution in [3.8, 4) is 0 Å². The molecule has 1 aliphatic heterocycles. The highest BCUT2D eigenvalue weighted by Gasteiger charge is 2.27. The van der Waals surface area contributed by atoms with E-state index in [4.69, 9.17) is 0 Å². The molecule has 1 fully saturated rings. The zero-order valence-corrected chi connectivity index (χ0v) is 16.8. The van der Waals surface area contributed by atoms with E-state index in [0.29, 0.717) is 0 Å². The molecule has 25 heavy (non-hydrogen) atoms. The quantitative estimate of drug-likeness (QED) is 0.543. The minimum absolute atomic E-state index is 0.238. The first-order chi connectivity index (χ1) is 12.0. The molecule has 0 bridgehead atoms. The van der Waals surface area contributed by atoms with Gasteiger partial charge in [-0.1, -0.05) is 63.1 Å². The molecule has 0 aromatic carbocycles. The summed E-state index contributed by atoms with van der Waals surface area (Å²) in [4.78, 5) is 2.32. The average molecular weight is 357 g/mol. The Bertz CT molecular complexity index is 608. The number of hydrogen-bond donors (Lipinski definition) is 1. The minimum atomic E-state index is 0.238. The molecule has 2 nitrogen and oxygen atoms in total. The van der Waals surface area contributed by atoms with Gasteiger partial charge in [-0.2, -0.15) is 0 Å². The van der Waals surface area contributed by atoms with Crippen molar-refractivity contribution in [2.75, 3.05) is 18.8 Å². The van der Waals surface area contributed by atoms with Gasteiger partial charge in [-0.15, -0.1) is 11.8 Å². The van der Waals surface area contributed by atoms with Crippen LogP contribution in [0.2, 0.25) is 0 Å². The van der Waals surface area contributed by atoms with E-state index in [1.54, 1.807) is 11.8 Å². The number of allylic oxidation sites excluding steroid dienone is 6. The molecule has 3 heteroatoms. The summed E-state index contributed by atoms with van der Waals surface area (Å²) in [5.74, 6) is 0.932. The topological polar surface area (TPSA) is 15.3 Å². The fourth-order valence-corrected chi connectivity index (χ4v) is 3.34. The number of nitrogens with one attached hydrogen (secondary N) is 1. The van der Waals surface area contributed by atoms with Crippen LogP contribution in [0.15, 0.2) is 84.1 Å². The summed E-state index contributed by atoms with van der Waals surface area (Å²) < 4.78 is 0. The standard InChI is InChI=1S/C22H32N2S/c1-8-11-12-13-20(9-2)22(18(6)17(4)5)24-15-14-23-21(19(24)7)16-25-10-3/h9-13,21,23H,2-4,7-8,14-16H2,1,5-6H3/b12-11-,20-13+,22-18+. The Morgan fingerprint density at radius 2 is 2.08 bits per heavy atom. The molecule has 1 heterocycles. The number of piperazine rings is 1. The van der Waals surface area contributed by atoms with Crippen LogP contribution in [-0.2, 0) is 0 Å². The average Bonchev–Trinajstić information content (AvgIpc) is 2.60. The Kier molecular flexibility index (Phi) is 9.40. The first-order valence-electron chi connectivity index (χ1n) is 8.76. The third-order valence-corrected chi connectivity index (χ3v) is 5.02. The predicted molar refractivity (Wildman–Crippen MR) is 116 cm³/mol. The van der Waals surface area contributed by atoms with Gasteiger partial charge in [-0.05, 0) is 36.8 Å². The van der Waals surface area contributed by atoms with E-state index in [1.807, 2.05) is 18.4 Å². The number of nitrogens with zero attached hydrogens (tertiary/aromatic N) is 1. The lowest BCUT2D eigenvalue weighted by atomic mass is 9.99. The van der Waals surface area contributed by atoms with Crippen LogP contribution in [0.3, 0.4) is 0 Å². The molecule has 0 aromatic heterocycles. The fourth-order valence-electron chi connectivity index (χ4n) is 2.70. The van der Waals surface area contributed by atoms with Crippen molar-refractivity contribution in [2.45, 2.75) is 33.2 Å². The third kappa shape index (κ3) is 5.94. The molecule has 0 spiro atoms. The van der Waals surface area contributed by atoms with E-state index in [1.165, 1.54) is 5.57 Å². The summed E-state index contributed by atoms with van der Waals surface area (Å²) in [5, 5.41) is 5.44. The summed E-state index contributed by atoms with van der Waals surface area (Å²) >= 11 is 1.71. The molecular weight excluding hydrogens is 324 g/mol. The van der Waals surface area contributed by atoms with Crippen molar-refractivity contribution in [3.63, 3.8) is 0 Å². The lowest BCUT2D eigenvalue weighted by Crippen LogP contribution is -2.49. The summed E-state index contributed by atoms with van der Waals surface area (Å²) in [6.07, 6.45) is 9.30. The van der Waals surface area contributed by atoms with Crippen molar-refractivity contribution in [1.29, 1.82) is 0 Å². The highest BCUT2D eigenvalue weighted by molar-refractivity contribution is 8.02. The van der Waals surface area contributed by atoms with Crippen molar-refractivity contribution < 1.29 is 0 Å². The van der Waals surface area contributed by atoms with Gasteiger partial charge in [0, 0.05) is 24.5 Å². The maximum atomic E-state index is 4.38. The van der Waals surface area contributed by atoms with Gasteiger partial charge in [0.05, 0.1) is 11.7 Å². The van der Waals surface area contributed by atoms with E-state index in [-0.39, 0.29) is 6.04 Å². The van der Waals surface area contributed by atoms with Crippen LogP contribution in [-0.4, -0.2) is 29.8 Å². The zero-order valence-electron chi connectivity index (χ0n) is 16.0. The minimum Gasteiger partial charge on any atom is -0.342 e. The van der Waals surface area contributed by atoms with E-state index in [9.17, 15) is 0 Å². The molecule has 0 saturated carbocycles. The van der Waals surface area contributed by atoms with E-state index in [0.717, 1.165) is 47.8 Å². The zero-order chi connectivity index (χ0) is 18.8. The monoisotopic (exact) mass is 356 g/mol. The molecule has 1 atom stereocenters. The van der Waals surface area contributed by atoms with Gasteiger partial charge in [0.1, 0.15) is 0 Å². The van der Waals surface area contributed by atoms with Crippen molar-refractivity contribution in [3.05, 3.63) is 84.1 Å². The molecular formula is C22H32N2S. The summed E-state index contributed by atoms with van der Waals surface area (Å²) in [5.41, 5.74) is 5.58. The molecule has 1 rings (SSSR count). The van der Waals surface area contributed by atoms with Gasteiger partial charge in [0.15, 0.2) is 0 Å². The van der Waals surface area contributed by atoms with Gasteiger partial charge in [-0.3, -0.25) is 0 Å². The second kappa shape index (κ2) is 11.0. The fraction of sp³-hybridized carbons (Fsp3) is 0.364. The molecule has 1 N–H and O–H groups in total. The van der Waals surface area contributed by atoms with Crippen molar-refractivity contribution in [1.82, 2.24) is 10.2 Å². The Balaban J connectivity index is 3.30. The Hall–Kier alpha value is -1.71. The summed E-state index contributed by atoms with van der Waals surface area (Å²) in [6, 6.07) is 0.238. The van der Waals surface area contributed by atoms with Gasteiger partial charge < -0.3 is 10.2 Å². The van der Waals surface area contributed by atoms with Crippen LogP contribution in [0.1, 0.15) is 27.2 Å². The first-order valence-corrected chi connectivity index (χ1v) is 9.81. The third-order valence-electron chi connectivity index (χ3n) is 4.26. The second-order valence-corrected chi connectivity index (χ2v) is 7.07. The van der Waals surface area contributed by atoms with Crippen LogP contribution in [0.5, 0.6) is 0 Å². The second-order valence-electron chi connectivity index (χ2n) is 6.07. The van der Waals surface area contributed by atoms with E-state index in [2.05, 4.69) is 68.6 Å². The molecule has 0 aliphatic carbocycles. The molecule has 1 aliphatic rings. The smallest absolute Gasteiger partial charge is 0.0564 e. The van der Waals surface area contributed by atoms with Crippen molar-refractivity contribution in [2.24, 2.45) is 0 Å². The molecule has 136 valence electrons. The number of rotatable bonds is 9. The Labute approximate surface area is 158 Å². The lowest BCUT2D eigenvalue weighted by Gasteiger charge is -2.40. The Morgan fingerprint density at radius 1 is 1.36 bits per heavy atom. The number of hydrogen-bond acceptors (Lipinski definition) is 3. The maximum Gasteiger partial charge on any atom is 0.0564 e. The van der Waals surface area contributed by atoms with Gasteiger partial charge in [0.2, 0.25) is 0 Å². The van der Waals surface area contributed by atoms with Crippen LogP contribution in [0.4, 0.5) is 0 Å². The predicted octanol–water partition coefficient (Wildman–Crippen LogP) is 5.58. The SMILES string of the molecule is C=CSCC1NCCN(C(/C(C=C)=C/C=C\CC)=C(\C)C(=C)C)C1=C. The van der Waals surface area contributed by atoms with Crippen LogP contribution in [0, 0.1) is 0 Å². The van der Waals surface area contributed by atoms with E-state index >= 15 is 0 Å². The van der Waals surface area contributed by atoms with E-state index < -0.39 is 0 Å². The highest BCUT2D eigenvalue weighted by Crippen LogP contribution is 2.30. The summed E-state index contributed by atoms with van der Waals surface area (Å²) in [7, 11) is 0. The molecule has 0 radical (unpaired) electrons. The molecule has 1 saturated heterocycles.